The molecule has 1 atom stereocenters. The van der Waals surface area contributed by atoms with Gasteiger partial charge in [-0.2, -0.15) is 11.3 Å². The van der Waals surface area contributed by atoms with E-state index in [4.69, 9.17) is 0 Å². The summed E-state index contributed by atoms with van der Waals surface area (Å²) in [7, 11) is 0. The first-order chi connectivity index (χ1) is 13.1. The largest absolute Gasteiger partial charge is 0.394 e. The van der Waals surface area contributed by atoms with Gasteiger partial charge in [-0.05, 0) is 48.3 Å². The van der Waals surface area contributed by atoms with Crippen LogP contribution in [0.1, 0.15) is 40.0 Å². The first-order valence-corrected chi connectivity index (χ1v) is 10.3. The molecule has 2 amide bonds. The fourth-order valence-corrected chi connectivity index (χ4v) is 5.06. The van der Waals surface area contributed by atoms with Crippen LogP contribution in [0.25, 0.3) is 0 Å². The summed E-state index contributed by atoms with van der Waals surface area (Å²) < 4.78 is 0. The quantitative estimate of drug-likeness (QED) is 0.885. The highest BCUT2D eigenvalue weighted by molar-refractivity contribution is 7.08. The lowest BCUT2D eigenvalue weighted by Gasteiger charge is -2.39. The van der Waals surface area contributed by atoms with Crippen molar-refractivity contribution in [2.24, 2.45) is 5.41 Å². The second-order valence-corrected chi connectivity index (χ2v) is 8.42. The van der Waals surface area contributed by atoms with Crippen molar-refractivity contribution in [2.45, 2.75) is 25.3 Å². The molecule has 0 aliphatic carbocycles. The number of hydrogen-bond donors (Lipinski definition) is 1. The van der Waals surface area contributed by atoms with Gasteiger partial charge in [-0.15, -0.1) is 0 Å². The molecule has 1 aromatic carbocycles. The van der Waals surface area contributed by atoms with Crippen LogP contribution in [0.5, 0.6) is 0 Å². The normalized spacial score (nSPS) is 21.6. The minimum Gasteiger partial charge on any atom is -0.394 e. The van der Waals surface area contributed by atoms with Crippen molar-refractivity contribution in [3.05, 3.63) is 58.3 Å². The minimum atomic E-state index is -0.142. The number of amides is 2. The Labute approximate surface area is 163 Å². The van der Waals surface area contributed by atoms with Crippen molar-refractivity contribution in [2.75, 3.05) is 26.2 Å². The molecule has 2 saturated heterocycles. The zero-order valence-electron chi connectivity index (χ0n) is 15.2. The Morgan fingerprint density at radius 2 is 1.81 bits per heavy atom. The molecule has 27 heavy (non-hydrogen) atoms. The minimum absolute atomic E-state index is 0.00324. The molecule has 4 rings (SSSR count). The average Bonchev–Trinajstić information content (AvgIpc) is 3.37. The Bertz CT molecular complexity index is 798. The van der Waals surface area contributed by atoms with Gasteiger partial charge in [-0.1, -0.05) is 18.2 Å². The number of hydrogen-bond acceptors (Lipinski definition) is 4. The molecule has 6 heteroatoms. The van der Waals surface area contributed by atoms with Crippen LogP contribution in [-0.2, 0) is 0 Å². The van der Waals surface area contributed by atoms with Gasteiger partial charge in [-0.25, -0.2) is 0 Å². The number of piperidine rings is 1. The Morgan fingerprint density at radius 3 is 2.44 bits per heavy atom. The maximum atomic E-state index is 12.9. The zero-order chi connectivity index (χ0) is 18.9. The van der Waals surface area contributed by atoms with Gasteiger partial charge < -0.3 is 14.9 Å². The van der Waals surface area contributed by atoms with E-state index in [0.29, 0.717) is 25.2 Å². The van der Waals surface area contributed by atoms with Gasteiger partial charge in [-0.3, -0.25) is 9.59 Å². The molecule has 1 spiro atoms. The molecule has 3 heterocycles. The molecule has 2 aliphatic rings. The van der Waals surface area contributed by atoms with E-state index in [1.54, 1.807) is 0 Å². The van der Waals surface area contributed by atoms with Crippen LogP contribution in [0, 0.1) is 5.41 Å². The SMILES string of the molecule is O=C(c1ccsc1)N1CCC2(CC1)CC(CO)N(C(=O)c1ccccc1)C2. The van der Waals surface area contributed by atoms with E-state index < -0.39 is 0 Å². The summed E-state index contributed by atoms with van der Waals surface area (Å²) in [6.45, 7) is 2.06. The van der Waals surface area contributed by atoms with Crippen molar-refractivity contribution >= 4 is 23.2 Å². The van der Waals surface area contributed by atoms with Gasteiger partial charge in [0.05, 0.1) is 18.2 Å². The molecule has 0 bridgehead atoms. The second-order valence-electron chi connectivity index (χ2n) is 7.64. The maximum Gasteiger partial charge on any atom is 0.254 e. The summed E-state index contributed by atoms with van der Waals surface area (Å²) in [4.78, 5) is 29.3. The molecule has 142 valence electrons. The number of nitrogens with zero attached hydrogens (tertiary/aromatic N) is 2. The molecular formula is C21H24N2O3S. The van der Waals surface area contributed by atoms with Gasteiger partial charge in [0.15, 0.2) is 0 Å². The van der Waals surface area contributed by atoms with Crippen LogP contribution in [0.15, 0.2) is 47.2 Å². The number of rotatable bonds is 3. The maximum absolute atomic E-state index is 12.9. The number of benzene rings is 1. The van der Waals surface area contributed by atoms with Crippen LogP contribution in [0.3, 0.4) is 0 Å². The van der Waals surface area contributed by atoms with Gasteiger partial charge in [0, 0.05) is 30.6 Å². The summed E-state index contributed by atoms with van der Waals surface area (Å²) in [5.41, 5.74) is 1.43. The topological polar surface area (TPSA) is 60.9 Å². The Balaban J connectivity index is 1.44. The third-order valence-corrected chi connectivity index (χ3v) is 6.67. The molecule has 0 saturated carbocycles. The Hall–Kier alpha value is -2.18. The molecule has 5 nitrogen and oxygen atoms in total. The summed E-state index contributed by atoms with van der Waals surface area (Å²) in [6.07, 6.45) is 2.55. The number of aliphatic hydroxyl groups excluding tert-OH is 1. The fraction of sp³-hybridized carbons (Fsp3) is 0.429. The average molecular weight is 385 g/mol. The van der Waals surface area contributed by atoms with Crippen molar-refractivity contribution in [3.8, 4) is 0 Å². The lowest BCUT2D eigenvalue weighted by Crippen LogP contribution is -2.44. The standard InChI is InChI=1S/C21H24N2O3S/c24-13-18-12-21(15-23(18)20(26)16-4-2-1-3-5-16)7-9-22(10-8-21)19(25)17-6-11-27-14-17/h1-6,11,14,18,24H,7-10,12-13,15H2. The number of likely N-dealkylation sites (tertiary alicyclic amines) is 2. The third kappa shape index (κ3) is 3.51. The predicted molar refractivity (Wildman–Crippen MR) is 105 cm³/mol. The molecular weight excluding hydrogens is 360 g/mol. The molecule has 1 unspecified atom stereocenters. The lowest BCUT2D eigenvalue weighted by molar-refractivity contribution is 0.0560. The number of carbonyl (C=O) groups is 2. The van der Waals surface area contributed by atoms with Crippen LogP contribution in [0.4, 0.5) is 0 Å². The highest BCUT2D eigenvalue weighted by Crippen LogP contribution is 2.44. The zero-order valence-corrected chi connectivity index (χ0v) is 16.0. The molecule has 1 N–H and O–H groups in total. The van der Waals surface area contributed by atoms with Crippen LogP contribution >= 0.6 is 11.3 Å². The van der Waals surface area contributed by atoms with Crippen LogP contribution in [0.2, 0.25) is 0 Å². The van der Waals surface area contributed by atoms with Crippen molar-refractivity contribution in [1.29, 1.82) is 0 Å². The van der Waals surface area contributed by atoms with E-state index in [9.17, 15) is 14.7 Å². The predicted octanol–water partition coefficient (Wildman–Crippen LogP) is 2.88. The fourth-order valence-electron chi connectivity index (χ4n) is 4.43. The first-order valence-electron chi connectivity index (χ1n) is 9.40. The number of carbonyl (C=O) groups excluding carboxylic acids is 2. The Kier molecular flexibility index (Phi) is 5.02. The highest BCUT2D eigenvalue weighted by atomic mass is 32.1. The van der Waals surface area contributed by atoms with E-state index in [2.05, 4.69) is 0 Å². The monoisotopic (exact) mass is 384 g/mol. The number of aliphatic hydroxyl groups is 1. The van der Waals surface area contributed by atoms with Crippen LogP contribution < -0.4 is 0 Å². The highest BCUT2D eigenvalue weighted by Gasteiger charge is 2.47. The second kappa shape index (κ2) is 7.44. The summed E-state index contributed by atoms with van der Waals surface area (Å²) in [6, 6.07) is 11.0. The van der Waals surface area contributed by atoms with Gasteiger partial charge >= 0.3 is 0 Å². The van der Waals surface area contributed by atoms with Gasteiger partial charge in [0.25, 0.3) is 11.8 Å². The molecule has 1 aromatic heterocycles. The summed E-state index contributed by atoms with van der Waals surface area (Å²) in [5, 5.41) is 13.7. The first kappa shape index (κ1) is 18.2. The van der Waals surface area contributed by atoms with E-state index in [1.807, 2.05) is 57.0 Å². The van der Waals surface area contributed by atoms with Gasteiger partial charge in [0.2, 0.25) is 0 Å². The summed E-state index contributed by atoms with van der Waals surface area (Å²) in [5.74, 6) is 0.0864. The van der Waals surface area contributed by atoms with E-state index >= 15 is 0 Å². The summed E-state index contributed by atoms with van der Waals surface area (Å²) >= 11 is 1.54. The molecule has 0 radical (unpaired) electrons. The van der Waals surface area contributed by atoms with E-state index in [-0.39, 0.29) is 29.9 Å². The smallest absolute Gasteiger partial charge is 0.254 e. The lowest BCUT2D eigenvalue weighted by atomic mass is 9.76. The van der Waals surface area contributed by atoms with E-state index in [0.717, 1.165) is 24.8 Å². The van der Waals surface area contributed by atoms with Crippen LogP contribution in [-0.4, -0.2) is 59.0 Å². The van der Waals surface area contributed by atoms with Crippen molar-refractivity contribution < 1.29 is 14.7 Å². The molecule has 2 aliphatic heterocycles. The van der Waals surface area contributed by atoms with Crippen molar-refractivity contribution in [1.82, 2.24) is 9.80 Å². The van der Waals surface area contributed by atoms with Crippen molar-refractivity contribution in [3.63, 3.8) is 0 Å². The Morgan fingerprint density at radius 1 is 1.07 bits per heavy atom. The molecule has 2 fully saturated rings. The number of thiophene rings is 1. The van der Waals surface area contributed by atoms with Gasteiger partial charge in [0.1, 0.15) is 0 Å². The van der Waals surface area contributed by atoms with E-state index in [1.165, 1.54) is 11.3 Å². The third-order valence-electron chi connectivity index (χ3n) is 5.99. The molecule has 2 aromatic rings.